The van der Waals surface area contributed by atoms with Crippen LogP contribution in [0.4, 0.5) is 5.69 Å². The van der Waals surface area contributed by atoms with Gasteiger partial charge in [0.1, 0.15) is 11.8 Å². The summed E-state index contributed by atoms with van der Waals surface area (Å²) in [5.41, 5.74) is 10.5. The number of nitrogens with zero attached hydrogens (tertiary/aromatic N) is 2. The number of rotatable bonds is 4. The van der Waals surface area contributed by atoms with E-state index in [0.29, 0.717) is 12.6 Å². The van der Waals surface area contributed by atoms with E-state index in [1.165, 1.54) is 12.8 Å². The molecule has 0 aliphatic heterocycles. The molecule has 132 valence electrons. The highest BCUT2D eigenvalue weighted by Gasteiger charge is 2.26. The van der Waals surface area contributed by atoms with E-state index in [-0.39, 0.29) is 0 Å². The molecule has 4 heteroatoms. The molecule has 0 bridgehead atoms. The molecule has 0 atom stereocenters. The number of hydrogen-bond acceptors (Lipinski definition) is 3. The number of fused-ring (bicyclic) bond motifs is 1. The van der Waals surface area contributed by atoms with Gasteiger partial charge in [-0.3, -0.25) is 0 Å². The lowest BCUT2D eigenvalue weighted by Gasteiger charge is -2.18. The van der Waals surface area contributed by atoms with Crippen molar-refractivity contribution in [2.75, 3.05) is 12.3 Å². The molecule has 0 radical (unpaired) electrons. The lowest BCUT2D eigenvalue weighted by Crippen LogP contribution is -2.07. The van der Waals surface area contributed by atoms with E-state index in [4.69, 9.17) is 10.5 Å². The summed E-state index contributed by atoms with van der Waals surface area (Å²) in [6.07, 6.45) is 4.77. The van der Waals surface area contributed by atoms with Gasteiger partial charge in [0, 0.05) is 23.2 Å². The average molecular weight is 345 g/mol. The van der Waals surface area contributed by atoms with Crippen molar-refractivity contribution >= 4 is 16.6 Å². The molecule has 4 rings (SSSR count). The van der Waals surface area contributed by atoms with E-state index >= 15 is 0 Å². The van der Waals surface area contributed by atoms with Gasteiger partial charge in [0.05, 0.1) is 23.4 Å². The van der Waals surface area contributed by atoms with Crippen molar-refractivity contribution in [3.63, 3.8) is 0 Å². The number of ether oxygens (including phenoxy) is 1. The molecular formula is C22H23N3O. The Labute approximate surface area is 153 Å². The third-order valence-electron chi connectivity index (χ3n) is 5.27. The number of nitrogen functional groups attached to an aromatic ring is 1. The van der Waals surface area contributed by atoms with Crippen molar-refractivity contribution in [2.45, 2.75) is 38.6 Å². The monoisotopic (exact) mass is 345 g/mol. The minimum Gasteiger partial charge on any atom is -0.494 e. The minimum absolute atomic E-state index is 0.420. The summed E-state index contributed by atoms with van der Waals surface area (Å²) in [6.45, 7) is 2.62. The number of nitriles is 1. The highest BCUT2D eigenvalue weighted by molar-refractivity contribution is 5.95. The molecule has 1 aliphatic rings. The lowest BCUT2D eigenvalue weighted by atomic mass is 10.1. The third kappa shape index (κ3) is 2.70. The van der Waals surface area contributed by atoms with Crippen LogP contribution in [0.15, 0.2) is 42.5 Å². The average Bonchev–Trinajstić information content (AvgIpc) is 3.27. The Hall–Kier alpha value is -2.93. The molecule has 1 fully saturated rings. The van der Waals surface area contributed by atoms with Crippen LogP contribution in [0.2, 0.25) is 0 Å². The summed E-state index contributed by atoms with van der Waals surface area (Å²) in [4.78, 5) is 0. The van der Waals surface area contributed by atoms with Gasteiger partial charge >= 0.3 is 0 Å². The first kappa shape index (κ1) is 16.5. The quantitative estimate of drug-likeness (QED) is 0.655. The zero-order valence-electron chi connectivity index (χ0n) is 15.0. The number of aromatic nitrogens is 1. The molecule has 0 spiro atoms. The zero-order valence-corrected chi connectivity index (χ0v) is 15.0. The molecule has 1 saturated carbocycles. The number of hydrogen-bond donors (Lipinski definition) is 1. The summed E-state index contributed by atoms with van der Waals surface area (Å²) >= 11 is 0. The lowest BCUT2D eigenvalue weighted by molar-refractivity contribution is 0.340. The topological polar surface area (TPSA) is 64.0 Å². The van der Waals surface area contributed by atoms with Crippen molar-refractivity contribution in [2.24, 2.45) is 0 Å². The van der Waals surface area contributed by atoms with Gasteiger partial charge in [-0.05, 0) is 49.6 Å². The van der Waals surface area contributed by atoms with Crippen LogP contribution >= 0.6 is 0 Å². The Morgan fingerprint density at radius 3 is 2.54 bits per heavy atom. The maximum Gasteiger partial charge on any atom is 0.121 e. The van der Waals surface area contributed by atoms with E-state index in [1.54, 1.807) is 0 Å². The first-order valence-corrected chi connectivity index (χ1v) is 9.29. The van der Waals surface area contributed by atoms with Crippen LogP contribution in [-0.2, 0) is 0 Å². The second-order valence-corrected chi connectivity index (χ2v) is 6.88. The predicted octanol–water partition coefficient (Wildman–Crippen LogP) is 5.28. The molecule has 0 unspecified atom stereocenters. The fourth-order valence-corrected chi connectivity index (χ4v) is 4.13. The summed E-state index contributed by atoms with van der Waals surface area (Å²) in [5, 5.41) is 10.9. The normalized spacial score (nSPS) is 14.6. The Balaban J connectivity index is 2.02. The molecule has 26 heavy (non-hydrogen) atoms. The largest absolute Gasteiger partial charge is 0.494 e. The molecule has 4 nitrogen and oxygen atoms in total. The standard InChI is InChI=1S/C22H23N3O/c1-2-26-18-11-12-19-20(14-23)22(15-7-9-16(24)10-8-15)25(21(19)13-18)17-5-3-4-6-17/h7-13,17H,2-6,24H2,1H3. The molecule has 0 amide bonds. The third-order valence-corrected chi connectivity index (χ3v) is 5.27. The van der Waals surface area contributed by atoms with Crippen molar-refractivity contribution < 1.29 is 4.74 Å². The Kier molecular flexibility index (Phi) is 4.30. The fraction of sp³-hybridized carbons (Fsp3) is 0.318. The van der Waals surface area contributed by atoms with E-state index in [2.05, 4.69) is 16.7 Å². The van der Waals surface area contributed by atoms with Gasteiger partial charge < -0.3 is 15.0 Å². The summed E-state index contributed by atoms with van der Waals surface area (Å²) in [7, 11) is 0. The maximum atomic E-state index is 9.94. The van der Waals surface area contributed by atoms with Gasteiger partial charge in [0.2, 0.25) is 0 Å². The highest BCUT2D eigenvalue weighted by atomic mass is 16.5. The smallest absolute Gasteiger partial charge is 0.121 e. The highest BCUT2D eigenvalue weighted by Crippen LogP contribution is 2.42. The number of benzene rings is 2. The minimum atomic E-state index is 0.420. The Morgan fingerprint density at radius 2 is 1.88 bits per heavy atom. The number of nitrogens with two attached hydrogens (primary N) is 1. The van der Waals surface area contributed by atoms with Gasteiger partial charge in [-0.25, -0.2) is 0 Å². The zero-order chi connectivity index (χ0) is 18.1. The molecular weight excluding hydrogens is 322 g/mol. The van der Waals surface area contributed by atoms with Crippen LogP contribution in [0.25, 0.3) is 22.2 Å². The second-order valence-electron chi connectivity index (χ2n) is 6.88. The van der Waals surface area contributed by atoms with E-state index < -0.39 is 0 Å². The van der Waals surface area contributed by atoms with Crippen LogP contribution in [0.3, 0.4) is 0 Å². The van der Waals surface area contributed by atoms with Crippen LogP contribution < -0.4 is 10.5 Å². The van der Waals surface area contributed by atoms with Gasteiger partial charge in [0.15, 0.2) is 0 Å². The summed E-state index contributed by atoms with van der Waals surface area (Å²) in [5.74, 6) is 0.852. The van der Waals surface area contributed by atoms with Crippen LogP contribution in [0.5, 0.6) is 5.75 Å². The van der Waals surface area contributed by atoms with Crippen LogP contribution in [-0.4, -0.2) is 11.2 Å². The van der Waals surface area contributed by atoms with Crippen molar-refractivity contribution in [3.8, 4) is 23.1 Å². The first-order valence-electron chi connectivity index (χ1n) is 9.29. The Bertz CT molecular complexity index is 973. The van der Waals surface area contributed by atoms with Crippen LogP contribution in [0.1, 0.15) is 44.2 Å². The molecule has 0 saturated heterocycles. The van der Waals surface area contributed by atoms with E-state index in [9.17, 15) is 5.26 Å². The maximum absolute atomic E-state index is 9.94. The molecule has 2 N–H and O–H groups in total. The molecule has 1 aromatic heterocycles. The van der Waals surface area contributed by atoms with Gasteiger partial charge in [-0.1, -0.05) is 25.0 Å². The van der Waals surface area contributed by atoms with Crippen molar-refractivity contribution in [1.29, 1.82) is 5.26 Å². The summed E-state index contributed by atoms with van der Waals surface area (Å²) < 4.78 is 8.09. The van der Waals surface area contributed by atoms with Gasteiger partial charge in [0.25, 0.3) is 0 Å². The predicted molar refractivity (Wildman–Crippen MR) is 105 cm³/mol. The SMILES string of the molecule is CCOc1ccc2c(C#N)c(-c3ccc(N)cc3)n(C3CCCC3)c2c1. The van der Waals surface area contributed by atoms with Crippen LogP contribution in [0, 0.1) is 11.3 Å². The van der Waals surface area contributed by atoms with Gasteiger partial charge in [-0.15, -0.1) is 0 Å². The molecule has 1 aliphatic carbocycles. The van der Waals surface area contributed by atoms with Gasteiger partial charge in [-0.2, -0.15) is 5.26 Å². The second kappa shape index (κ2) is 6.76. The Morgan fingerprint density at radius 1 is 1.15 bits per heavy atom. The van der Waals surface area contributed by atoms with Crippen molar-refractivity contribution in [1.82, 2.24) is 4.57 Å². The van der Waals surface area contributed by atoms with Crippen molar-refractivity contribution in [3.05, 3.63) is 48.0 Å². The first-order chi connectivity index (χ1) is 12.7. The molecule has 2 aromatic carbocycles. The fourth-order valence-electron chi connectivity index (χ4n) is 4.13. The van der Waals surface area contributed by atoms with E-state index in [1.807, 2.05) is 43.3 Å². The summed E-state index contributed by atoms with van der Waals surface area (Å²) in [6, 6.07) is 16.8. The molecule has 1 heterocycles. The van der Waals surface area contributed by atoms with E-state index in [0.717, 1.165) is 52.0 Å². The number of anilines is 1. The molecule has 3 aromatic rings.